The molecule has 10 aromatic rings. The first-order valence-corrected chi connectivity index (χ1v) is 13.2. The van der Waals surface area contributed by atoms with Crippen LogP contribution >= 0.6 is 0 Å². The van der Waals surface area contributed by atoms with Crippen molar-refractivity contribution in [3.63, 3.8) is 0 Å². The molecule has 0 saturated carbocycles. The van der Waals surface area contributed by atoms with E-state index in [4.69, 9.17) is 0 Å². The molecule has 0 N–H and O–H groups in total. The van der Waals surface area contributed by atoms with Crippen LogP contribution in [0.4, 0.5) is 0 Å². The van der Waals surface area contributed by atoms with Gasteiger partial charge in [0.25, 0.3) is 0 Å². The summed E-state index contributed by atoms with van der Waals surface area (Å²) in [5.41, 5.74) is 8.93. The van der Waals surface area contributed by atoms with Gasteiger partial charge >= 0.3 is 0 Å². The minimum absolute atomic E-state index is 1.25. The van der Waals surface area contributed by atoms with Crippen molar-refractivity contribution in [2.75, 3.05) is 0 Å². The van der Waals surface area contributed by atoms with E-state index in [2.05, 4.69) is 130 Å². The molecule has 0 amide bonds. The van der Waals surface area contributed by atoms with Gasteiger partial charge in [-0.25, -0.2) is 0 Å². The zero-order chi connectivity index (χ0) is 24.5. The van der Waals surface area contributed by atoms with E-state index in [-0.39, 0.29) is 0 Å². The second-order valence-electron chi connectivity index (χ2n) is 10.6. The topological polar surface area (TPSA) is 8.82 Å². The van der Waals surface area contributed by atoms with E-state index in [0.29, 0.717) is 0 Å². The highest BCUT2D eigenvalue weighted by Gasteiger charge is 2.25. The highest BCUT2D eigenvalue weighted by Crippen LogP contribution is 2.47. The molecule has 0 unspecified atom stereocenters. The van der Waals surface area contributed by atoms with Crippen LogP contribution in [0.5, 0.6) is 0 Å². The average molecular weight is 481 g/mol. The maximum Gasteiger partial charge on any atom is 0.131 e. The fraction of sp³-hybridized carbons (Fsp3) is 0. The first-order chi connectivity index (χ1) is 18.9. The molecule has 0 fully saturated rings. The molecule has 4 aromatic heterocycles. The molecule has 0 atom stereocenters. The molecule has 0 saturated heterocycles. The van der Waals surface area contributed by atoms with E-state index in [1.165, 1.54) is 87.3 Å². The van der Waals surface area contributed by atoms with Gasteiger partial charge in [-0.05, 0) is 46.2 Å². The van der Waals surface area contributed by atoms with Crippen LogP contribution < -0.4 is 0 Å². The Morgan fingerprint density at radius 1 is 0.368 bits per heavy atom. The highest BCUT2D eigenvalue weighted by molar-refractivity contribution is 6.35. The Labute approximate surface area is 217 Å². The number of fused-ring (bicyclic) bond motifs is 11. The van der Waals surface area contributed by atoms with E-state index < -0.39 is 0 Å². The summed E-state index contributed by atoms with van der Waals surface area (Å²) in [5.74, 6) is 0. The van der Waals surface area contributed by atoms with Crippen molar-refractivity contribution in [3.8, 4) is 11.1 Å². The lowest BCUT2D eigenvalue weighted by Crippen LogP contribution is -1.94. The molecule has 2 nitrogen and oxygen atoms in total. The van der Waals surface area contributed by atoms with Gasteiger partial charge in [-0.1, -0.05) is 97.1 Å². The molecule has 0 spiro atoms. The summed E-state index contributed by atoms with van der Waals surface area (Å²) in [7, 11) is 0. The van der Waals surface area contributed by atoms with E-state index in [1.807, 2.05) is 0 Å². The number of nitrogens with zero attached hydrogens (tertiary/aromatic N) is 2. The largest absolute Gasteiger partial charge is 0.294 e. The van der Waals surface area contributed by atoms with Crippen LogP contribution in [-0.4, -0.2) is 8.80 Å². The third kappa shape index (κ3) is 2.06. The predicted octanol–water partition coefficient (Wildman–Crippen LogP) is 9.65. The smallest absolute Gasteiger partial charge is 0.131 e. The highest BCUT2D eigenvalue weighted by atomic mass is 15.1. The molecule has 0 aliphatic heterocycles. The van der Waals surface area contributed by atoms with E-state index >= 15 is 0 Å². The molecule has 2 heteroatoms. The Morgan fingerprint density at radius 3 is 1.84 bits per heavy atom. The van der Waals surface area contributed by atoms with Crippen LogP contribution in [0.2, 0.25) is 0 Å². The van der Waals surface area contributed by atoms with Gasteiger partial charge < -0.3 is 0 Å². The van der Waals surface area contributed by atoms with Gasteiger partial charge in [0, 0.05) is 37.7 Å². The van der Waals surface area contributed by atoms with Crippen LogP contribution in [0.15, 0.2) is 121 Å². The first kappa shape index (κ1) is 19.1. The van der Waals surface area contributed by atoms with Gasteiger partial charge in [-0.2, -0.15) is 0 Å². The molecular formula is C36H20N2. The number of rotatable bonds is 1. The first-order valence-electron chi connectivity index (χ1n) is 13.2. The summed E-state index contributed by atoms with van der Waals surface area (Å²) < 4.78 is 5.08. The van der Waals surface area contributed by atoms with Crippen molar-refractivity contribution >= 4 is 76.2 Å². The lowest BCUT2D eigenvalue weighted by molar-refractivity contribution is 1.23. The third-order valence-corrected chi connectivity index (χ3v) is 8.74. The summed E-state index contributed by atoms with van der Waals surface area (Å²) in [5, 5.41) is 11.9. The van der Waals surface area contributed by atoms with Crippen molar-refractivity contribution in [1.29, 1.82) is 0 Å². The normalized spacial score (nSPS) is 12.7. The van der Waals surface area contributed by atoms with E-state index in [0.717, 1.165) is 0 Å². The lowest BCUT2D eigenvalue weighted by Gasteiger charge is -2.12. The summed E-state index contributed by atoms with van der Waals surface area (Å²) in [6, 6.07) is 44.8. The third-order valence-electron chi connectivity index (χ3n) is 8.74. The Bertz CT molecular complexity index is 2540. The SMILES string of the molecule is c1ccc(-c2cc3c4ccccc4n4c3c(c2)c2c3cccc5ccc6c7ccccc7n(c6c53)c24)cc1. The fourth-order valence-corrected chi connectivity index (χ4v) is 7.27. The average Bonchev–Trinajstić information content (AvgIpc) is 3.62. The summed E-state index contributed by atoms with van der Waals surface area (Å²) >= 11 is 0. The predicted molar refractivity (Wildman–Crippen MR) is 161 cm³/mol. The molecule has 0 aliphatic rings. The second-order valence-corrected chi connectivity index (χ2v) is 10.6. The van der Waals surface area contributed by atoms with Crippen LogP contribution in [0, 0.1) is 0 Å². The number of benzene rings is 6. The monoisotopic (exact) mass is 480 g/mol. The zero-order valence-electron chi connectivity index (χ0n) is 20.4. The number of pyridine rings is 1. The van der Waals surface area contributed by atoms with Crippen molar-refractivity contribution < 1.29 is 0 Å². The molecule has 4 heterocycles. The molecule has 0 aliphatic carbocycles. The summed E-state index contributed by atoms with van der Waals surface area (Å²) in [6.07, 6.45) is 0. The Kier molecular flexibility index (Phi) is 3.23. The summed E-state index contributed by atoms with van der Waals surface area (Å²) in [6.45, 7) is 0. The zero-order valence-corrected chi connectivity index (χ0v) is 20.4. The number of para-hydroxylation sites is 2. The van der Waals surface area contributed by atoms with Gasteiger partial charge in [0.05, 0.1) is 22.1 Å². The lowest BCUT2D eigenvalue weighted by atomic mass is 9.96. The minimum atomic E-state index is 1.25. The van der Waals surface area contributed by atoms with Gasteiger partial charge in [-0.3, -0.25) is 8.80 Å². The summed E-state index contributed by atoms with van der Waals surface area (Å²) in [4.78, 5) is 0. The van der Waals surface area contributed by atoms with Gasteiger partial charge in [0.2, 0.25) is 0 Å². The van der Waals surface area contributed by atoms with Crippen LogP contribution in [0.3, 0.4) is 0 Å². The Morgan fingerprint density at radius 2 is 1.03 bits per heavy atom. The Balaban J connectivity index is 1.62. The van der Waals surface area contributed by atoms with Crippen LogP contribution in [0.1, 0.15) is 0 Å². The van der Waals surface area contributed by atoms with Crippen molar-refractivity contribution in [2.24, 2.45) is 0 Å². The maximum atomic E-state index is 2.55. The fourth-order valence-electron chi connectivity index (χ4n) is 7.27. The van der Waals surface area contributed by atoms with Crippen molar-refractivity contribution in [3.05, 3.63) is 121 Å². The number of hydrogen-bond donors (Lipinski definition) is 0. The van der Waals surface area contributed by atoms with E-state index in [1.54, 1.807) is 0 Å². The molecule has 10 rings (SSSR count). The minimum Gasteiger partial charge on any atom is -0.294 e. The standard InChI is InChI=1S/C36H20N2/c1-2-9-21(10-3-1)23-19-28-25-13-5-7-16-31(25)37-34(28)29(20-23)33-27-14-8-11-22-17-18-26-24-12-4-6-15-30(24)38(36(33)37)35(26)32(22)27/h1-20H. The molecule has 174 valence electrons. The van der Waals surface area contributed by atoms with Gasteiger partial charge in [0.15, 0.2) is 0 Å². The molecule has 38 heavy (non-hydrogen) atoms. The van der Waals surface area contributed by atoms with E-state index in [9.17, 15) is 0 Å². The number of aromatic nitrogens is 2. The van der Waals surface area contributed by atoms with Gasteiger partial charge in [0.1, 0.15) is 5.65 Å². The molecule has 6 aromatic carbocycles. The van der Waals surface area contributed by atoms with Crippen molar-refractivity contribution in [2.45, 2.75) is 0 Å². The van der Waals surface area contributed by atoms with Crippen LogP contribution in [0.25, 0.3) is 87.3 Å². The second kappa shape index (κ2) is 6.42. The number of hydrogen-bond acceptors (Lipinski definition) is 0. The maximum absolute atomic E-state index is 2.55. The Hall–Kier alpha value is -5.08. The molecule has 0 radical (unpaired) electrons. The quantitative estimate of drug-likeness (QED) is 0.221. The molecular weight excluding hydrogens is 460 g/mol. The molecule has 0 bridgehead atoms. The van der Waals surface area contributed by atoms with Crippen LogP contribution in [-0.2, 0) is 0 Å². The van der Waals surface area contributed by atoms with Crippen molar-refractivity contribution in [1.82, 2.24) is 8.80 Å². The van der Waals surface area contributed by atoms with Gasteiger partial charge in [-0.15, -0.1) is 0 Å².